The standard InChI is InChI=1S/C14H14ClN3/c1-18-8-2-3-10-9-11(4-5-12(10)18)13-14(15)17-7-6-16-13/h4-7,9H,2-3,8H2,1H3. The molecule has 0 N–H and O–H groups in total. The Kier molecular flexibility index (Phi) is 2.92. The molecule has 0 unspecified atom stereocenters. The molecular weight excluding hydrogens is 246 g/mol. The van der Waals surface area contributed by atoms with Crippen molar-refractivity contribution in [1.82, 2.24) is 9.97 Å². The van der Waals surface area contributed by atoms with Crippen LogP contribution in [0.4, 0.5) is 5.69 Å². The highest BCUT2D eigenvalue weighted by Gasteiger charge is 2.15. The van der Waals surface area contributed by atoms with Crippen LogP contribution in [-0.2, 0) is 6.42 Å². The van der Waals surface area contributed by atoms with Crippen molar-refractivity contribution in [1.29, 1.82) is 0 Å². The zero-order valence-electron chi connectivity index (χ0n) is 10.2. The van der Waals surface area contributed by atoms with Crippen LogP contribution in [0.1, 0.15) is 12.0 Å². The maximum atomic E-state index is 6.09. The van der Waals surface area contributed by atoms with Crippen LogP contribution in [0.3, 0.4) is 0 Å². The molecule has 18 heavy (non-hydrogen) atoms. The normalized spacial score (nSPS) is 14.4. The summed E-state index contributed by atoms with van der Waals surface area (Å²) in [5.41, 5.74) is 4.48. The number of halogens is 1. The smallest absolute Gasteiger partial charge is 0.155 e. The van der Waals surface area contributed by atoms with Gasteiger partial charge < -0.3 is 4.90 Å². The maximum Gasteiger partial charge on any atom is 0.155 e. The van der Waals surface area contributed by atoms with Crippen LogP contribution in [0, 0.1) is 0 Å². The Morgan fingerprint density at radius 2 is 2.06 bits per heavy atom. The van der Waals surface area contributed by atoms with Gasteiger partial charge in [0.1, 0.15) is 5.69 Å². The molecule has 3 rings (SSSR count). The van der Waals surface area contributed by atoms with Gasteiger partial charge >= 0.3 is 0 Å². The highest BCUT2D eigenvalue weighted by atomic mass is 35.5. The van der Waals surface area contributed by atoms with Gasteiger partial charge in [0.15, 0.2) is 5.15 Å². The SMILES string of the molecule is CN1CCCc2cc(-c3nccnc3Cl)ccc21. The van der Waals surface area contributed by atoms with Crippen molar-refractivity contribution in [2.75, 3.05) is 18.5 Å². The van der Waals surface area contributed by atoms with Crippen LogP contribution < -0.4 is 4.90 Å². The lowest BCUT2D eigenvalue weighted by Gasteiger charge is -2.27. The average molecular weight is 260 g/mol. The Balaban J connectivity index is 2.08. The number of aromatic nitrogens is 2. The molecule has 1 aromatic heterocycles. The second-order valence-corrected chi connectivity index (χ2v) is 4.92. The second-order valence-electron chi connectivity index (χ2n) is 4.56. The highest BCUT2D eigenvalue weighted by Crippen LogP contribution is 2.31. The van der Waals surface area contributed by atoms with E-state index in [2.05, 4.69) is 40.1 Å². The summed E-state index contributed by atoms with van der Waals surface area (Å²) in [4.78, 5) is 10.7. The van der Waals surface area contributed by atoms with Crippen LogP contribution >= 0.6 is 11.6 Å². The predicted molar refractivity (Wildman–Crippen MR) is 74.1 cm³/mol. The molecule has 0 spiro atoms. The van der Waals surface area contributed by atoms with Gasteiger partial charge in [-0.2, -0.15) is 0 Å². The molecule has 1 aliphatic rings. The van der Waals surface area contributed by atoms with E-state index < -0.39 is 0 Å². The van der Waals surface area contributed by atoms with E-state index in [-0.39, 0.29) is 0 Å². The predicted octanol–water partition coefficient (Wildman–Crippen LogP) is 3.18. The van der Waals surface area contributed by atoms with E-state index in [1.54, 1.807) is 12.4 Å². The molecule has 0 saturated heterocycles. The molecule has 2 heterocycles. The molecule has 0 radical (unpaired) electrons. The highest BCUT2D eigenvalue weighted by molar-refractivity contribution is 6.31. The fraction of sp³-hybridized carbons (Fsp3) is 0.286. The number of rotatable bonds is 1. The molecule has 92 valence electrons. The van der Waals surface area contributed by atoms with Gasteiger partial charge in [0.25, 0.3) is 0 Å². The van der Waals surface area contributed by atoms with E-state index in [4.69, 9.17) is 11.6 Å². The summed E-state index contributed by atoms with van der Waals surface area (Å²) < 4.78 is 0. The molecule has 1 aromatic carbocycles. The second kappa shape index (κ2) is 4.58. The van der Waals surface area contributed by atoms with Crippen LogP contribution in [0.5, 0.6) is 0 Å². The van der Waals surface area contributed by atoms with E-state index in [1.165, 1.54) is 17.7 Å². The Morgan fingerprint density at radius 3 is 2.89 bits per heavy atom. The number of aryl methyl sites for hydroxylation is 1. The van der Waals surface area contributed by atoms with E-state index in [0.29, 0.717) is 5.15 Å². The first-order chi connectivity index (χ1) is 8.75. The Morgan fingerprint density at radius 1 is 1.22 bits per heavy atom. The summed E-state index contributed by atoms with van der Waals surface area (Å²) in [7, 11) is 2.13. The first-order valence-corrected chi connectivity index (χ1v) is 6.44. The first-order valence-electron chi connectivity index (χ1n) is 6.06. The molecule has 0 amide bonds. The number of nitrogens with zero attached hydrogens (tertiary/aromatic N) is 3. The van der Waals surface area contributed by atoms with Crippen LogP contribution in [0.2, 0.25) is 5.15 Å². The van der Waals surface area contributed by atoms with Crippen molar-refractivity contribution < 1.29 is 0 Å². The van der Waals surface area contributed by atoms with Gasteiger partial charge in [-0.25, -0.2) is 4.98 Å². The third-order valence-corrected chi connectivity index (χ3v) is 3.63. The fourth-order valence-corrected chi connectivity index (χ4v) is 2.66. The summed E-state index contributed by atoms with van der Waals surface area (Å²) in [5.74, 6) is 0. The lowest BCUT2D eigenvalue weighted by molar-refractivity contribution is 0.745. The lowest BCUT2D eigenvalue weighted by Crippen LogP contribution is -2.24. The van der Waals surface area contributed by atoms with Crippen molar-refractivity contribution >= 4 is 17.3 Å². The van der Waals surface area contributed by atoms with Gasteiger partial charge in [0, 0.05) is 37.2 Å². The Hall–Kier alpha value is -1.61. The minimum atomic E-state index is 0.460. The van der Waals surface area contributed by atoms with Gasteiger partial charge in [-0.1, -0.05) is 17.7 Å². The number of benzene rings is 1. The molecule has 1 aliphatic heterocycles. The molecule has 3 nitrogen and oxygen atoms in total. The van der Waals surface area contributed by atoms with Crippen molar-refractivity contribution in [3.8, 4) is 11.3 Å². The molecule has 4 heteroatoms. The van der Waals surface area contributed by atoms with Crippen molar-refractivity contribution in [2.24, 2.45) is 0 Å². The molecule has 0 saturated carbocycles. The van der Waals surface area contributed by atoms with E-state index in [1.807, 2.05) is 0 Å². The third-order valence-electron chi connectivity index (χ3n) is 3.36. The summed E-state index contributed by atoms with van der Waals surface area (Å²) in [5, 5.41) is 0.460. The molecule has 0 atom stereocenters. The number of anilines is 1. The minimum absolute atomic E-state index is 0.460. The van der Waals surface area contributed by atoms with E-state index >= 15 is 0 Å². The van der Waals surface area contributed by atoms with E-state index in [0.717, 1.165) is 24.2 Å². The molecular formula is C14H14ClN3. The van der Waals surface area contributed by atoms with Gasteiger partial charge in [-0.05, 0) is 30.5 Å². The van der Waals surface area contributed by atoms with Gasteiger partial charge in [-0.15, -0.1) is 0 Å². The topological polar surface area (TPSA) is 29.0 Å². The van der Waals surface area contributed by atoms with Crippen molar-refractivity contribution in [3.63, 3.8) is 0 Å². The van der Waals surface area contributed by atoms with Crippen LogP contribution in [0.15, 0.2) is 30.6 Å². The molecule has 0 fully saturated rings. The summed E-state index contributed by atoms with van der Waals surface area (Å²) in [6.45, 7) is 1.12. The van der Waals surface area contributed by atoms with Gasteiger partial charge in [-0.3, -0.25) is 4.98 Å². The molecule has 0 aliphatic carbocycles. The summed E-state index contributed by atoms with van der Waals surface area (Å²) in [6.07, 6.45) is 5.59. The summed E-state index contributed by atoms with van der Waals surface area (Å²) in [6, 6.07) is 6.40. The monoisotopic (exact) mass is 259 g/mol. The largest absolute Gasteiger partial charge is 0.374 e. The van der Waals surface area contributed by atoms with Crippen LogP contribution in [-0.4, -0.2) is 23.6 Å². The van der Waals surface area contributed by atoms with Crippen LogP contribution in [0.25, 0.3) is 11.3 Å². The molecule has 2 aromatic rings. The third kappa shape index (κ3) is 1.95. The Labute approximate surface area is 111 Å². The minimum Gasteiger partial charge on any atom is -0.374 e. The van der Waals surface area contributed by atoms with Gasteiger partial charge in [0.05, 0.1) is 0 Å². The number of fused-ring (bicyclic) bond motifs is 1. The zero-order valence-corrected chi connectivity index (χ0v) is 11.0. The Bertz CT molecular complexity index is 583. The lowest BCUT2D eigenvalue weighted by atomic mass is 9.98. The van der Waals surface area contributed by atoms with Crippen molar-refractivity contribution in [2.45, 2.75) is 12.8 Å². The van der Waals surface area contributed by atoms with E-state index in [9.17, 15) is 0 Å². The number of hydrogen-bond acceptors (Lipinski definition) is 3. The van der Waals surface area contributed by atoms with Gasteiger partial charge in [0.2, 0.25) is 0 Å². The fourth-order valence-electron chi connectivity index (χ4n) is 2.45. The zero-order chi connectivity index (χ0) is 12.5. The average Bonchev–Trinajstić information content (AvgIpc) is 2.39. The summed E-state index contributed by atoms with van der Waals surface area (Å²) >= 11 is 6.09. The van der Waals surface area contributed by atoms with Crippen molar-refractivity contribution in [3.05, 3.63) is 41.3 Å². The number of hydrogen-bond donors (Lipinski definition) is 0. The molecule has 0 bridgehead atoms. The maximum absolute atomic E-state index is 6.09. The quantitative estimate of drug-likeness (QED) is 0.788. The first kappa shape index (κ1) is 11.5.